The second kappa shape index (κ2) is 6.50. The minimum Gasteiger partial charge on any atom is -0.393 e. The molecule has 3 N–H and O–H groups in total. The van der Waals surface area contributed by atoms with Gasteiger partial charge in [0, 0.05) is 0 Å². The minimum absolute atomic E-state index is 0.00356. The van der Waals surface area contributed by atoms with Crippen molar-refractivity contribution in [3.8, 4) is 0 Å². The third-order valence-electron chi connectivity index (χ3n) is 6.92. The van der Waals surface area contributed by atoms with E-state index in [1.165, 1.54) is 6.42 Å². The van der Waals surface area contributed by atoms with Gasteiger partial charge in [0.25, 0.3) is 0 Å². The molecule has 0 amide bonds. The highest BCUT2D eigenvalue weighted by atomic mass is 16.3. The fourth-order valence-corrected chi connectivity index (χ4v) is 4.63. The van der Waals surface area contributed by atoms with Crippen molar-refractivity contribution in [1.82, 2.24) is 0 Å². The van der Waals surface area contributed by atoms with Gasteiger partial charge < -0.3 is 15.3 Å². The lowest BCUT2D eigenvalue weighted by Gasteiger charge is -2.33. The quantitative estimate of drug-likeness (QED) is 0.681. The van der Waals surface area contributed by atoms with Gasteiger partial charge in [-0.25, -0.2) is 0 Å². The summed E-state index contributed by atoms with van der Waals surface area (Å²) >= 11 is 0. The van der Waals surface area contributed by atoms with Crippen LogP contribution in [0.1, 0.15) is 67.2 Å². The average Bonchev–Trinajstić information content (AvgIpc) is 3.10. The summed E-state index contributed by atoms with van der Waals surface area (Å²) in [6.07, 6.45) is 5.68. The maximum atomic E-state index is 9.71. The molecule has 0 aromatic heterocycles. The Morgan fingerprint density at radius 3 is 2.17 bits per heavy atom. The van der Waals surface area contributed by atoms with Gasteiger partial charge >= 0.3 is 0 Å². The first-order valence-electron chi connectivity index (χ1n) is 9.24. The molecule has 2 fully saturated rings. The van der Waals surface area contributed by atoms with Crippen molar-refractivity contribution in [2.24, 2.45) is 29.1 Å². The second-order valence-corrected chi connectivity index (χ2v) is 9.11. The summed E-state index contributed by atoms with van der Waals surface area (Å²) in [7, 11) is 0. The van der Waals surface area contributed by atoms with E-state index in [0.717, 1.165) is 30.3 Å². The summed E-state index contributed by atoms with van der Waals surface area (Å²) in [4.78, 5) is 0. The van der Waals surface area contributed by atoms with Gasteiger partial charge in [-0.05, 0) is 81.1 Å². The number of aliphatic hydroxyl groups is 3. The van der Waals surface area contributed by atoms with E-state index in [9.17, 15) is 15.3 Å². The molecule has 1 unspecified atom stereocenters. The third-order valence-corrected chi connectivity index (χ3v) is 6.92. The van der Waals surface area contributed by atoms with E-state index in [1.807, 2.05) is 13.0 Å². The van der Waals surface area contributed by atoms with E-state index in [-0.39, 0.29) is 18.1 Å². The number of fused-ring (bicyclic) bond motifs is 1. The van der Waals surface area contributed by atoms with Crippen LogP contribution in [-0.4, -0.2) is 33.1 Å². The van der Waals surface area contributed by atoms with E-state index in [2.05, 4.69) is 20.8 Å². The standard InChI is InChI=1S/C10H18O2.C10H18O/c1-7-4-5-8(6-9(7)11)10(2,3)12;1-6(2)10-4-8(10)7(3)9(11)5-10/h4,8-9,11-12H,5-6H2,1-3H3;6-9,11H,4-5H2,1-3H3/t8-,9+;7?,8-,9+,10-/m10/s1. The van der Waals surface area contributed by atoms with Crippen LogP contribution in [-0.2, 0) is 0 Å². The van der Waals surface area contributed by atoms with Crippen LogP contribution in [0.5, 0.6) is 0 Å². The summed E-state index contributed by atoms with van der Waals surface area (Å²) in [5.74, 6) is 2.37. The molecule has 0 aromatic rings. The molecule has 3 rings (SSSR count). The fraction of sp³-hybridized carbons (Fsp3) is 0.900. The molecule has 2 saturated carbocycles. The summed E-state index contributed by atoms with van der Waals surface area (Å²) < 4.78 is 0. The van der Waals surface area contributed by atoms with Crippen molar-refractivity contribution in [1.29, 1.82) is 0 Å². The lowest BCUT2D eigenvalue weighted by Crippen LogP contribution is -2.35. The minimum atomic E-state index is -0.668. The summed E-state index contributed by atoms with van der Waals surface area (Å²) in [6.45, 7) is 12.3. The van der Waals surface area contributed by atoms with Crippen LogP contribution in [0, 0.1) is 29.1 Å². The average molecular weight is 325 g/mol. The maximum absolute atomic E-state index is 9.71. The summed E-state index contributed by atoms with van der Waals surface area (Å²) in [6, 6.07) is 0. The Labute approximate surface area is 141 Å². The van der Waals surface area contributed by atoms with Crippen molar-refractivity contribution >= 4 is 0 Å². The molecule has 23 heavy (non-hydrogen) atoms. The number of rotatable bonds is 2. The molecule has 3 aliphatic rings. The Morgan fingerprint density at radius 2 is 1.83 bits per heavy atom. The highest BCUT2D eigenvalue weighted by Gasteiger charge is 2.64. The molecule has 3 aliphatic carbocycles. The van der Waals surface area contributed by atoms with Crippen molar-refractivity contribution in [2.45, 2.75) is 85.0 Å². The van der Waals surface area contributed by atoms with E-state index >= 15 is 0 Å². The zero-order chi connectivity index (χ0) is 17.6. The zero-order valence-electron chi connectivity index (χ0n) is 15.7. The van der Waals surface area contributed by atoms with E-state index in [0.29, 0.717) is 17.8 Å². The SMILES string of the molecule is CC1=CC[C@@H](C(C)(C)O)C[C@@H]1O.CC1[C@H](O)C[C@]2(C(C)C)C[C@@H]12. The lowest BCUT2D eigenvalue weighted by atomic mass is 9.78. The molecule has 0 aliphatic heterocycles. The molecule has 0 saturated heterocycles. The molecule has 3 heteroatoms. The molecular weight excluding hydrogens is 288 g/mol. The topological polar surface area (TPSA) is 60.7 Å². The highest BCUT2D eigenvalue weighted by Crippen LogP contribution is 2.69. The van der Waals surface area contributed by atoms with Gasteiger partial charge in [-0.3, -0.25) is 0 Å². The molecule has 6 atom stereocenters. The Bertz CT molecular complexity index is 448. The van der Waals surface area contributed by atoms with Gasteiger partial charge in [0.1, 0.15) is 0 Å². The molecule has 0 bridgehead atoms. The van der Waals surface area contributed by atoms with Crippen LogP contribution in [0.3, 0.4) is 0 Å². The van der Waals surface area contributed by atoms with Crippen LogP contribution in [0.4, 0.5) is 0 Å². The van der Waals surface area contributed by atoms with Gasteiger partial charge in [-0.15, -0.1) is 0 Å². The predicted molar refractivity (Wildman–Crippen MR) is 94.0 cm³/mol. The summed E-state index contributed by atoms with van der Waals surface area (Å²) in [5.41, 5.74) is 0.923. The van der Waals surface area contributed by atoms with Crippen molar-refractivity contribution < 1.29 is 15.3 Å². The molecule has 0 radical (unpaired) electrons. The van der Waals surface area contributed by atoms with Crippen LogP contribution in [0.25, 0.3) is 0 Å². The Morgan fingerprint density at radius 1 is 1.22 bits per heavy atom. The molecule has 0 spiro atoms. The largest absolute Gasteiger partial charge is 0.393 e. The van der Waals surface area contributed by atoms with E-state index in [4.69, 9.17) is 0 Å². The van der Waals surface area contributed by atoms with Crippen molar-refractivity contribution in [3.05, 3.63) is 11.6 Å². The number of hydrogen-bond donors (Lipinski definition) is 3. The number of allylic oxidation sites excluding steroid dienone is 1. The predicted octanol–water partition coefficient (Wildman–Crippen LogP) is 3.52. The first-order valence-corrected chi connectivity index (χ1v) is 9.24. The highest BCUT2D eigenvalue weighted by molar-refractivity contribution is 5.13. The van der Waals surface area contributed by atoms with Gasteiger partial charge in [0.15, 0.2) is 0 Å². The van der Waals surface area contributed by atoms with Crippen molar-refractivity contribution in [3.63, 3.8) is 0 Å². The molecule has 0 heterocycles. The first-order chi connectivity index (χ1) is 10.5. The number of hydrogen-bond acceptors (Lipinski definition) is 3. The summed E-state index contributed by atoms with van der Waals surface area (Å²) in [5, 5.41) is 28.9. The monoisotopic (exact) mass is 324 g/mol. The van der Waals surface area contributed by atoms with Gasteiger partial charge in [-0.2, -0.15) is 0 Å². The van der Waals surface area contributed by atoms with Crippen LogP contribution >= 0.6 is 0 Å². The zero-order valence-corrected chi connectivity index (χ0v) is 15.7. The number of aliphatic hydroxyl groups excluding tert-OH is 2. The second-order valence-electron chi connectivity index (χ2n) is 9.11. The van der Waals surface area contributed by atoms with E-state index in [1.54, 1.807) is 13.8 Å². The van der Waals surface area contributed by atoms with Gasteiger partial charge in [-0.1, -0.05) is 26.8 Å². The maximum Gasteiger partial charge on any atom is 0.0751 e. The molecule has 134 valence electrons. The Hall–Kier alpha value is -0.380. The van der Waals surface area contributed by atoms with E-state index < -0.39 is 5.60 Å². The van der Waals surface area contributed by atoms with Crippen LogP contribution < -0.4 is 0 Å². The molecule has 3 nitrogen and oxygen atoms in total. The van der Waals surface area contributed by atoms with Gasteiger partial charge in [0.2, 0.25) is 0 Å². The molecular formula is C20H36O3. The smallest absolute Gasteiger partial charge is 0.0751 e. The lowest BCUT2D eigenvalue weighted by molar-refractivity contribution is -0.00548. The third kappa shape index (κ3) is 3.83. The normalized spacial score (nSPS) is 42.7. The first kappa shape index (κ1) is 19.0. The van der Waals surface area contributed by atoms with Crippen molar-refractivity contribution in [2.75, 3.05) is 0 Å². The van der Waals surface area contributed by atoms with Crippen LogP contribution in [0.15, 0.2) is 11.6 Å². The Kier molecular flexibility index (Phi) is 5.35. The Balaban J connectivity index is 0.000000167. The van der Waals surface area contributed by atoms with Crippen LogP contribution in [0.2, 0.25) is 0 Å². The van der Waals surface area contributed by atoms with Gasteiger partial charge in [0.05, 0.1) is 17.8 Å². The fourth-order valence-electron chi connectivity index (χ4n) is 4.63. The molecule has 0 aromatic carbocycles.